The Morgan fingerprint density at radius 3 is 2.72 bits per heavy atom. The first-order chi connectivity index (χ1) is 12.0. The van der Waals surface area contributed by atoms with Gasteiger partial charge in [-0.25, -0.2) is 0 Å². The molecule has 1 aromatic heterocycles. The van der Waals surface area contributed by atoms with Crippen LogP contribution >= 0.6 is 0 Å². The molecule has 1 unspecified atom stereocenters. The van der Waals surface area contributed by atoms with Crippen molar-refractivity contribution >= 4 is 5.91 Å². The summed E-state index contributed by atoms with van der Waals surface area (Å²) in [5.41, 5.74) is 2.26. The highest BCUT2D eigenvalue weighted by atomic mass is 16.5. The SMILES string of the molecule is C=C(C)COc1cccc(C(=O)N(C)C(COC)c2ccccn2)c1. The molecule has 0 saturated carbocycles. The number of ether oxygens (including phenoxy) is 2. The monoisotopic (exact) mass is 340 g/mol. The Balaban J connectivity index is 2.19. The number of amides is 1. The minimum absolute atomic E-state index is 0.117. The van der Waals surface area contributed by atoms with Crippen molar-refractivity contribution in [3.63, 3.8) is 0 Å². The molecule has 1 heterocycles. The van der Waals surface area contributed by atoms with Crippen LogP contribution in [0.3, 0.4) is 0 Å². The van der Waals surface area contributed by atoms with E-state index in [-0.39, 0.29) is 11.9 Å². The fraction of sp³-hybridized carbons (Fsp3) is 0.300. The summed E-state index contributed by atoms with van der Waals surface area (Å²) in [5.74, 6) is 0.525. The zero-order valence-electron chi connectivity index (χ0n) is 14.9. The summed E-state index contributed by atoms with van der Waals surface area (Å²) in [6, 6.07) is 12.5. The lowest BCUT2D eigenvalue weighted by atomic mass is 10.1. The van der Waals surface area contributed by atoms with Crippen molar-refractivity contribution in [1.82, 2.24) is 9.88 Å². The minimum atomic E-state index is -0.265. The number of hydrogen-bond acceptors (Lipinski definition) is 4. The number of hydrogen-bond donors (Lipinski definition) is 0. The summed E-state index contributed by atoms with van der Waals surface area (Å²) in [6.45, 7) is 6.50. The van der Waals surface area contributed by atoms with E-state index in [1.54, 1.807) is 43.5 Å². The molecule has 0 aliphatic carbocycles. The van der Waals surface area contributed by atoms with Gasteiger partial charge in [-0.3, -0.25) is 9.78 Å². The van der Waals surface area contributed by atoms with Crippen LogP contribution < -0.4 is 4.74 Å². The maximum Gasteiger partial charge on any atom is 0.254 e. The summed E-state index contributed by atoms with van der Waals surface area (Å²) >= 11 is 0. The predicted molar refractivity (Wildman–Crippen MR) is 97.7 cm³/mol. The van der Waals surface area contributed by atoms with Crippen LogP contribution in [0, 0.1) is 0 Å². The maximum absolute atomic E-state index is 12.9. The van der Waals surface area contributed by atoms with Crippen LogP contribution in [-0.2, 0) is 4.74 Å². The van der Waals surface area contributed by atoms with Gasteiger partial charge in [0.15, 0.2) is 0 Å². The van der Waals surface area contributed by atoms with E-state index < -0.39 is 0 Å². The maximum atomic E-state index is 12.9. The third-order valence-corrected chi connectivity index (χ3v) is 3.71. The lowest BCUT2D eigenvalue weighted by Gasteiger charge is -2.27. The molecule has 25 heavy (non-hydrogen) atoms. The number of nitrogens with zero attached hydrogens (tertiary/aromatic N) is 2. The number of methoxy groups -OCH3 is 1. The van der Waals surface area contributed by atoms with Crippen LogP contribution in [0.15, 0.2) is 60.8 Å². The van der Waals surface area contributed by atoms with Gasteiger partial charge in [0.05, 0.1) is 18.3 Å². The first kappa shape index (κ1) is 18.7. The van der Waals surface area contributed by atoms with E-state index in [1.165, 1.54) is 0 Å². The number of likely N-dealkylation sites (N-methyl/N-ethyl adjacent to an activating group) is 1. The van der Waals surface area contributed by atoms with Crippen molar-refractivity contribution in [3.8, 4) is 5.75 Å². The molecule has 2 aromatic rings. The van der Waals surface area contributed by atoms with E-state index in [4.69, 9.17) is 9.47 Å². The van der Waals surface area contributed by atoms with E-state index in [0.29, 0.717) is 24.5 Å². The van der Waals surface area contributed by atoms with Gasteiger partial charge in [0, 0.05) is 25.9 Å². The zero-order chi connectivity index (χ0) is 18.2. The molecule has 5 heteroatoms. The summed E-state index contributed by atoms with van der Waals surface area (Å²) in [5, 5.41) is 0. The smallest absolute Gasteiger partial charge is 0.254 e. The summed E-state index contributed by atoms with van der Waals surface area (Å²) in [7, 11) is 3.36. The average molecular weight is 340 g/mol. The van der Waals surface area contributed by atoms with Crippen LogP contribution in [0.2, 0.25) is 0 Å². The van der Waals surface area contributed by atoms with E-state index in [1.807, 2.05) is 31.2 Å². The van der Waals surface area contributed by atoms with Gasteiger partial charge in [-0.2, -0.15) is 0 Å². The Hall–Kier alpha value is -2.66. The molecule has 2 rings (SSSR count). The third-order valence-electron chi connectivity index (χ3n) is 3.71. The van der Waals surface area contributed by atoms with Crippen LogP contribution in [0.5, 0.6) is 5.75 Å². The molecule has 0 saturated heterocycles. The molecule has 0 fully saturated rings. The van der Waals surface area contributed by atoms with Crippen molar-refractivity contribution in [2.75, 3.05) is 27.4 Å². The number of carbonyl (C=O) groups is 1. The van der Waals surface area contributed by atoms with Crippen LogP contribution in [-0.4, -0.2) is 43.2 Å². The van der Waals surface area contributed by atoms with Gasteiger partial charge >= 0.3 is 0 Å². The van der Waals surface area contributed by atoms with Gasteiger partial charge < -0.3 is 14.4 Å². The Morgan fingerprint density at radius 2 is 2.08 bits per heavy atom. The molecule has 0 aliphatic heterocycles. The highest BCUT2D eigenvalue weighted by molar-refractivity contribution is 5.94. The lowest BCUT2D eigenvalue weighted by Crippen LogP contribution is -2.34. The molecule has 1 atom stereocenters. The van der Waals surface area contributed by atoms with Crippen molar-refractivity contribution in [1.29, 1.82) is 0 Å². The highest BCUT2D eigenvalue weighted by Gasteiger charge is 2.24. The van der Waals surface area contributed by atoms with E-state index in [2.05, 4.69) is 11.6 Å². The normalized spacial score (nSPS) is 11.6. The Kier molecular flexibility index (Phi) is 6.71. The fourth-order valence-corrected chi connectivity index (χ4v) is 2.40. The van der Waals surface area contributed by atoms with Crippen molar-refractivity contribution in [2.24, 2.45) is 0 Å². The fourth-order valence-electron chi connectivity index (χ4n) is 2.40. The van der Waals surface area contributed by atoms with E-state index in [9.17, 15) is 4.79 Å². The van der Waals surface area contributed by atoms with Crippen molar-refractivity contribution in [3.05, 3.63) is 72.1 Å². The molecule has 5 nitrogen and oxygen atoms in total. The second-order valence-electron chi connectivity index (χ2n) is 5.92. The quantitative estimate of drug-likeness (QED) is 0.690. The molecule has 0 aliphatic rings. The minimum Gasteiger partial charge on any atom is -0.489 e. The van der Waals surface area contributed by atoms with Gasteiger partial charge in [-0.15, -0.1) is 0 Å². The standard InChI is InChI=1S/C20H24N2O3/c1-15(2)13-25-17-9-7-8-16(12-17)20(23)22(3)19(14-24-4)18-10-5-6-11-21-18/h5-12,19H,1,13-14H2,2-4H3. The van der Waals surface area contributed by atoms with Crippen LogP contribution in [0.4, 0.5) is 0 Å². The summed E-state index contributed by atoms with van der Waals surface area (Å²) in [4.78, 5) is 18.9. The van der Waals surface area contributed by atoms with Crippen molar-refractivity contribution in [2.45, 2.75) is 13.0 Å². The Labute approximate surface area is 148 Å². The first-order valence-corrected chi connectivity index (χ1v) is 8.07. The largest absolute Gasteiger partial charge is 0.489 e. The second-order valence-corrected chi connectivity index (χ2v) is 5.92. The number of benzene rings is 1. The molecular weight excluding hydrogens is 316 g/mol. The topological polar surface area (TPSA) is 51.7 Å². The molecule has 0 N–H and O–H groups in total. The van der Waals surface area contributed by atoms with Gasteiger partial charge in [-0.05, 0) is 42.8 Å². The van der Waals surface area contributed by atoms with E-state index in [0.717, 1.165) is 11.3 Å². The first-order valence-electron chi connectivity index (χ1n) is 8.07. The van der Waals surface area contributed by atoms with Gasteiger partial charge in [0.25, 0.3) is 5.91 Å². The number of aromatic nitrogens is 1. The van der Waals surface area contributed by atoms with Crippen molar-refractivity contribution < 1.29 is 14.3 Å². The summed E-state index contributed by atoms with van der Waals surface area (Å²) < 4.78 is 10.9. The molecular formula is C20H24N2O3. The van der Waals surface area contributed by atoms with Crippen LogP contribution in [0.1, 0.15) is 29.0 Å². The number of pyridine rings is 1. The van der Waals surface area contributed by atoms with Gasteiger partial charge in [0.2, 0.25) is 0 Å². The summed E-state index contributed by atoms with van der Waals surface area (Å²) in [6.07, 6.45) is 1.71. The molecule has 1 aromatic carbocycles. The Bertz CT molecular complexity index is 716. The molecule has 132 valence electrons. The number of rotatable bonds is 8. The average Bonchev–Trinajstić information content (AvgIpc) is 2.64. The Morgan fingerprint density at radius 1 is 1.28 bits per heavy atom. The predicted octanol–water partition coefficient (Wildman–Crippen LogP) is 3.50. The van der Waals surface area contributed by atoms with Gasteiger partial charge in [-0.1, -0.05) is 18.7 Å². The molecule has 0 bridgehead atoms. The second kappa shape index (κ2) is 8.99. The molecule has 0 spiro atoms. The molecule has 0 radical (unpaired) electrons. The highest BCUT2D eigenvalue weighted by Crippen LogP contribution is 2.22. The van der Waals surface area contributed by atoms with Crippen LogP contribution in [0.25, 0.3) is 0 Å². The van der Waals surface area contributed by atoms with E-state index >= 15 is 0 Å². The molecule has 1 amide bonds. The number of carbonyl (C=O) groups excluding carboxylic acids is 1. The lowest BCUT2D eigenvalue weighted by molar-refractivity contribution is 0.0594. The van der Waals surface area contributed by atoms with Gasteiger partial charge in [0.1, 0.15) is 12.4 Å². The third kappa shape index (κ3) is 5.16. The zero-order valence-corrected chi connectivity index (χ0v) is 14.9.